The SMILES string of the molecule is CN(C)C(=O)C1CN(C2CCCCC2)CCC1NC(=O)c1cc(-c2ccc(F)cc2Cl)on1. The van der Waals surface area contributed by atoms with E-state index in [1.54, 1.807) is 19.0 Å². The van der Waals surface area contributed by atoms with Crippen molar-refractivity contribution in [3.05, 3.63) is 40.8 Å². The van der Waals surface area contributed by atoms with Gasteiger partial charge in [-0.2, -0.15) is 0 Å². The second kappa shape index (κ2) is 10.2. The molecule has 2 amide bonds. The average molecular weight is 477 g/mol. The molecule has 1 aromatic heterocycles. The number of amides is 2. The lowest BCUT2D eigenvalue weighted by molar-refractivity contribution is -0.136. The summed E-state index contributed by atoms with van der Waals surface area (Å²) in [7, 11) is 3.49. The number of hydrogen-bond acceptors (Lipinski definition) is 5. The van der Waals surface area contributed by atoms with Crippen molar-refractivity contribution in [2.75, 3.05) is 27.2 Å². The fraction of sp³-hybridized carbons (Fsp3) is 0.542. The summed E-state index contributed by atoms with van der Waals surface area (Å²) in [4.78, 5) is 30.0. The standard InChI is InChI=1S/C24H30ClFN4O3/c1-29(2)24(32)18-14-30(16-6-4-3-5-7-16)11-10-20(18)27-23(31)21-13-22(33-28-21)17-9-8-15(26)12-19(17)25/h8-9,12-13,16,18,20H,3-7,10-11,14H2,1-2H3,(H,27,31). The van der Waals surface area contributed by atoms with E-state index in [1.807, 2.05) is 0 Å². The fourth-order valence-corrected chi connectivity index (χ4v) is 5.21. The van der Waals surface area contributed by atoms with Crippen molar-refractivity contribution >= 4 is 23.4 Å². The van der Waals surface area contributed by atoms with Crippen molar-refractivity contribution in [2.24, 2.45) is 5.92 Å². The predicted octanol–water partition coefficient (Wildman–Crippen LogP) is 3.98. The first-order valence-corrected chi connectivity index (χ1v) is 11.9. The summed E-state index contributed by atoms with van der Waals surface area (Å²) in [5, 5.41) is 7.05. The second-order valence-electron chi connectivity index (χ2n) is 9.20. The largest absolute Gasteiger partial charge is 0.355 e. The minimum absolute atomic E-state index is 0.0137. The van der Waals surface area contributed by atoms with Crippen LogP contribution < -0.4 is 5.32 Å². The number of piperidine rings is 1. The molecule has 33 heavy (non-hydrogen) atoms. The van der Waals surface area contributed by atoms with Crippen molar-refractivity contribution in [3.63, 3.8) is 0 Å². The van der Waals surface area contributed by atoms with Crippen LogP contribution in [0.4, 0.5) is 4.39 Å². The zero-order valence-electron chi connectivity index (χ0n) is 19.0. The minimum atomic E-state index is -0.461. The molecule has 2 unspecified atom stereocenters. The molecule has 0 spiro atoms. The van der Waals surface area contributed by atoms with Crippen molar-refractivity contribution in [1.29, 1.82) is 0 Å². The number of carbonyl (C=O) groups excluding carboxylic acids is 2. The Morgan fingerprint density at radius 1 is 1.18 bits per heavy atom. The van der Waals surface area contributed by atoms with Gasteiger partial charge in [-0.3, -0.25) is 14.5 Å². The van der Waals surface area contributed by atoms with Gasteiger partial charge in [0.15, 0.2) is 11.5 Å². The highest BCUT2D eigenvalue weighted by atomic mass is 35.5. The third-order valence-electron chi connectivity index (χ3n) is 6.75. The monoisotopic (exact) mass is 476 g/mol. The van der Waals surface area contributed by atoms with Gasteiger partial charge in [0.05, 0.1) is 10.9 Å². The number of likely N-dealkylation sites (tertiary alicyclic amines) is 1. The second-order valence-corrected chi connectivity index (χ2v) is 9.60. The molecule has 9 heteroatoms. The molecule has 2 aliphatic rings. The molecule has 1 aromatic carbocycles. The number of nitrogens with zero attached hydrogens (tertiary/aromatic N) is 3. The van der Waals surface area contributed by atoms with Crippen LogP contribution in [-0.4, -0.2) is 66.0 Å². The Balaban J connectivity index is 1.47. The van der Waals surface area contributed by atoms with E-state index in [9.17, 15) is 14.0 Å². The quantitative estimate of drug-likeness (QED) is 0.706. The first-order chi connectivity index (χ1) is 15.8. The zero-order chi connectivity index (χ0) is 23.5. The Kier molecular flexibility index (Phi) is 7.34. The van der Waals surface area contributed by atoms with Crippen LogP contribution in [0.2, 0.25) is 5.02 Å². The smallest absolute Gasteiger partial charge is 0.273 e. The van der Waals surface area contributed by atoms with Gasteiger partial charge in [0.2, 0.25) is 5.91 Å². The van der Waals surface area contributed by atoms with Crippen LogP contribution in [0.25, 0.3) is 11.3 Å². The number of rotatable bonds is 5. The van der Waals surface area contributed by atoms with Crippen LogP contribution in [0.15, 0.2) is 28.8 Å². The Labute approximate surface area is 198 Å². The summed E-state index contributed by atoms with van der Waals surface area (Å²) in [5.74, 6) is -0.899. The van der Waals surface area contributed by atoms with Crippen molar-refractivity contribution < 1.29 is 18.5 Å². The van der Waals surface area contributed by atoms with Gasteiger partial charge in [-0.15, -0.1) is 0 Å². The lowest BCUT2D eigenvalue weighted by Gasteiger charge is -2.43. The molecule has 1 aliphatic carbocycles. The highest BCUT2D eigenvalue weighted by Gasteiger charge is 2.38. The Morgan fingerprint density at radius 3 is 2.64 bits per heavy atom. The van der Waals surface area contributed by atoms with Gasteiger partial charge in [-0.1, -0.05) is 36.0 Å². The van der Waals surface area contributed by atoms with E-state index in [4.69, 9.17) is 16.1 Å². The zero-order valence-corrected chi connectivity index (χ0v) is 19.8. The maximum absolute atomic E-state index is 13.3. The first-order valence-electron chi connectivity index (χ1n) is 11.5. The topological polar surface area (TPSA) is 78.7 Å². The molecule has 1 saturated carbocycles. The molecular formula is C24H30ClFN4O3. The van der Waals surface area contributed by atoms with Crippen molar-refractivity contribution in [2.45, 2.75) is 50.6 Å². The average Bonchev–Trinajstić information content (AvgIpc) is 3.29. The highest BCUT2D eigenvalue weighted by molar-refractivity contribution is 6.33. The van der Waals surface area contributed by atoms with Crippen LogP contribution in [0.5, 0.6) is 0 Å². The van der Waals surface area contributed by atoms with Gasteiger partial charge in [0.25, 0.3) is 5.91 Å². The van der Waals surface area contributed by atoms with E-state index < -0.39 is 11.7 Å². The molecule has 0 bridgehead atoms. The predicted molar refractivity (Wildman–Crippen MR) is 123 cm³/mol. The molecule has 2 heterocycles. The van der Waals surface area contributed by atoms with Gasteiger partial charge in [-0.25, -0.2) is 4.39 Å². The summed E-state index contributed by atoms with van der Waals surface area (Å²) >= 11 is 6.09. The Bertz CT molecular complexity index is 1010. The molecule has 1 N–H and O–H groups in total. The van der Waals surface area contributed by atoms with Gasteiger partial charge in [-0.05, 0) is 37.5 Å². The lowest BCUT2D eigenvalue weighted by atomic mass is 9.86. The van der Waals surface area contributed by atoms with E-state index in [0.717, 1.165) is 6.54 Å². The van der Waals surface area contributed by atoms with Crippen LogP contribution in [0.3, 0.4) is 0 Å². The molecule has 1 saturated heterocycles. The van der Waals surface area contributed by atoms with E-state index >= 15 is 0 Å². The number of benzene rings is 1. The van der Waals surface area contributed by atoms with Crippen LogP contribution in [-0.2, 0) is 4.79 Å². The third kappa shape index (κ3) is 5.38. The van der Waals surface area contributed by atoms with E-state index in [1.165, 1.54) is 56.4 Å². The lowest BCUT2D eigenvalue weighted by Crippen LogP contribution is -2.57. The number of carbonyl (C=O) groups is 2. The molecule has 2 atom stereocenters. The first kappa shape index (κ1) is 23.7. The third-order valence-corrected chi connectivity index (χ3v) is 7.06. The van der Waals surface area contributed by atoms with Crippen LogP contribution in [0, 0.1) is 11.7 Å². The molecule has 2 fully saturated rings. The molecule has 178 valence electrons. The molecule has 2 aromatic rings. The van der Waals surface area contributed by atoms with Gasteiger partial charge >= 0.3 is 0 Å². The number of halogens is 2. The number of aromatic nitrogens is 1. The van der Waals surface area contributed by atoms with Crippen LogP contribution >= 0.6 is 11.6 Å². The summed E-state index contributed by atoms with van der Waals surface area (Å²) in [6.45, 7) is 1.49. The minimum Gasteiger partial charge on any atom is -0.355 e. The summed E-state index contributed by atoms with van der Waals surface area (Å²) in [5.41, 5.74) is 0.544. The molecule has 1 aliphatic heterocycles. The highest BCUT2D eigenvalue weighted by Crippen LogP contribution is 2.30. The maximum atomic E-state index is 13.3. The van der Waals surface area contributed by atoms with E-state index in [-0.39, 0.29) is 34.3 Å². The normalized spacial score (nSPS) is 22.2. The Morgan fingerprint density at radius 2 is 1.94 bits per heavy atom. The molecular weight excluding hydrogens is 447 g/mol. The van der Waals surface area contributed by atoms with Crippen molar-refractivity contribution in [3.8, 4) is 11.3 Å². The fourth-order valence-electron chi connectivity index (χ4n) is 4.95. The van der Waals surface area contributed by atoms with Gasteiger partial charge in [0, 0.05) is 50.9 Å². The molecule has 4 rings (SSSR count). The van der Waals surface area contributed by atoms with Gasteiger partial charge in [0.1, 0.15) is 5.82 Å². The molecule has 0 radical (unpaired) electrons. The Hall–Kier alpha value is -2.45. The number of nitrogens with one attached hydrogen (secondary N) is 1. The summed E-state index contributed by atoms with van der Waals surface area (Å²) in [6.07, 6.45) is 6.80. The van der Waals surface area contributed by atoms with Gasteiger partial charge < -0.3 is 14.7 Å². The summed E-state index contributed by atoms with van der Waals surface area (Å²) in [6, 6.07) is 5.63. The van der Waals surface area contributed by atoms with Crippen LogP contribution in [0.1, 0.15) is 49.0 Å². The van der Waals surface area contributed by atoms with Crippen molar-refractivity contribution in [1.82, 2.24) is 20.3 Å². The van der Waals surface area contributed by atoms with E-state index in [0.29, 0.717) is 24.6 Å². The maximum Gasteiger partial charge on any atom is 0.273 e. The summed E-state index contributed by atoms with van der Waals surface area (Å²) < 4.78 is 18.6. The number of hydrogen-bond donors (Lipinski definition) is 1. The van der Waals surface area contributed by atoms with E-state index in [2.05, 4.69) is 15.4 Å². The molecule has 7 nitrogen and oxygen atoms in total.